The molecule has 2 aromatic heterocycles. The van der Waals surface area contributed by atoms with Crippen LogP contribution in [0, 0.1) is 0 Å². The van der Waals surface area contributed by atoms with Gasteiger partial charge in [0.1, 0.15) is 5.82 Å². The van der Waals surface area contributed by atoms with Gasteiger partial charge in [-0.25, -0.2) is 13.4 Å². The summed E-state index contributed by atoms with van der Waals surface area (Å²) in [4.78, 5) is 4.86. The van der Waals surface area contributed by atoms with Crippen molar-refractivity contribution >= 4 is 32.2 Å². The van der Waals surface area contributed by atoms with Crippen molar-refractivity contribution in [1.29, 1.82) is 0 Å². The predicted molar refractivity (Wildman–Crippen MR) is 128 cm³/mol. The highest BCUT2D eigenvalue weighted by Crippen LogP contribution is 2.28. The predicted octanol–water partition coefficient (Wildman–Crippen LogP) is 4.54. The summed E-state index contributed by atoms with van der Waals surface area (Å²) in [7, 11) is -3.87. The summed E-state index contributed by atoms with van der Waals surface area (Å²) >= 11 is 0. The molecule has 0 bridgehead atoms. The Bertz CT molecular complexity index is 1520. The van der Waals surface area contributed by atoms with Crippen LogP contribution in [0.1, 0.15) is 18.9 Å². The van der Waals surface area contributed by atoms with Crippen LogP contribution in [-0.4, -0.2) is 34.3 Å². The molecule has 0 unspecified atom stereocenters. The second-order valence-corrected chi connectivity index (χ2v) is 9.86. The van der Waals surface area contributed by atoms with Gasteiger partial charge in [0.2, 0.25) is 14.9 Å². The van der Waals surface area contributed by atoms with Crippen LogP contribution in [0.5, 0.6) is 0 Å². The molecule has 0 saturated carbocycles. The number of hydrogen-bond donors (Lipinski definition) is 1. The summed E-state index contributed by atoms with van der Waals surface area (Å²) in [5.41, 5.74) is 2.22. The van der Waals surface area contributed by atoms with Crippen LogP contribution < -0.4 is 5.32 Å². The lowest BCUT2D eigenvalue weighted by Crippen LogP contribution is -2.18. The molecule has 0 aliphatic heterocycles. The highest BCUT2D eigenvalue weighted by Gasteiger charge is 2.27. The number of anilines is 1. The summed E-state index contributed by atoms with van der Waals surface area (Å²) < 4.78 is 28.0. The molecule has 0 saturated heterocycles. The highest BCUT2D eigenvalue weighted by molar-refractivity contribution is 7.91. The number of fused-ring (bicyclic) bond motifs is 3. The van der Waals surface area contributed by atoms with E-state index in [2.05, 4.69) is 34.7 Å². The van der Waals surface area contributed by atoms with Gasteiger partial charge in [0.25, 0.3) is 0 Å². The van der Waals surface area contributed by atoms with Crippen molar-refractivity contribution < 1.29 is 8.42 Å². The zero-order valence-corrected chi connectivity index (χ0v) is 18.9. The van der Waals surface area contributed by atoms with Gasteiger partial charge in [-0.05, 0) is 49.6 Å². The number of nitrogens with one attached hydrogen (secondary N) is 1. The topological polar surface area (TPSA) is 89.2 Å². The van der Waals surface area contributed by atoms with Crippen LogP contribution in [0.2, 0.25) is 0 Å². The fourth-order valence-corrected chi connectivity index (χ4v) is 5.13. The van der Waals surface area contributed by atoms with E-state index in [0.29, 0.717) is 5.82 Å². The number of hydrogen-bond acceptors (Lipinski definition) is 6. The van der Waals surface area contributed by atoms with Crippen LogP contribution in [0.25, 0.3) is 16.6 Å². The van der Waals surface area contributed by atoms with Gasteiger partial charge in [-0.15, -0.1) is 5.10 Å². The first-order valence-electron chi connectivity index (χ1n) is 10.8. The monoisotopic (exact) mass is 457 g/mol. The molecular weight excluding hydrogens is 434 g/mol. The molecule has 5 aromatic rings. The Morgan fingerprint density at radius 1 is 0.909 bits per heavy atom. The number of rotatable bonds is 7. The molecule has 166 valence electrons. The van der Waals surface area contributed by atoms with E-state index in [9.17, 15) is 8.42 Å². The van der Waals surface area contributed by atoms with Crippen LogP contribution in [0.3, 0.4) is 0 Å². The second-order valence-electron chi connectivity index (χ2n) is 7.99. The minimum Gasteiger partial charge on any atom is -0.367 e. The van der Waals surface area contributed by atoms with Gasteiger partial charge in [-0.2, -0.15) is 4.52 Å². The van der Waals surface area contributed by atoms with E-state index >= 15 is 0 Å². The zero-order valence-electron chi connectivity index (χ0n) is 18.1. The first-order chi connectivity index (χ1) is 16.0. The van der Waals surface area contributed by atoms with Gasteiger partial charge in [0, 0.05) is 11.4 Å². The molecule has 0 spiro atoms. The summed E-state index contributed by atoms with van der Waals surface area (Å²) in [6, 6.07) is 26.3. The van der Waals surface area contributed by atoms with E-state index in [4.69, 9.17) is 4.98 Å². The Labute approximate surface area is 192 Å². The number of para-hydroxylation sites is 1. The maximum Gasteiger partial charge on any atom is 0.229 e. The number of nitrogens with zero attached hydrogens (tertiary/aromatic N) is 4. The second kappa shape index (κ2) is 8.63. The average molecular weight is 458 g/mol. The molecule has 0 radical (unpaired) electrons. The van der Waals surface area contributed by atoms with Crippen molar-refractivity contribution in [3.8, 4) is 0 Å². The van der Waals surface area contributed by atoms with Gasteiger partial charge in [-0.3, -0.25) is 0 Å². The smallest absolute Gasteiger partial charge is 0.229 e. The molecule has 0 fully saturated rings. The maximum atomic E-state index is 13.3. The van der Waals surface area contributed by atoms with Gasteiger partial charge < -0.3 is 5.32 Å². The third-order valence-electron chi connectivity index (χ3n) is 5.62. The molecule has 5 rings (SSSR count). The molecule has 0 aliphatic carbocycles. The van der Waals surface area contributed by atoms with Crippen molar-refractivity contribution in [3.63, 3.8) is 0 Å². The molecule has 0 amide bonds. The fourth-order valence-electron chi connectivity index (χ4n) is 3.87. The summed E-state index contributed by atoms with van der Waals surface area (Å²) in [6.07, 6.45) is 1.83. The highest BCUT2D eigenvalue weighted by atomic mass is 32.2. The lowest BCUT2D eigenvalue weighted by atomic mass is 10.1. The van der Waals surface area contributed by atoms with Gasteiger partial charge in [0.05, 0.1) is 10.4 Å². The third kappa shape index (κ3) is 4.05. The summed E-state index contributed by atoms with van der Waals surface area (Å²) in [6.45, 7) is 2.10. The van der Waals surface area contributed by atoms with Crippen molar-refractivity contribution in [2.75, 3.05) is 5.32 Å². The molecular formula is C25H23N5O2S. The minimum absolute atomic E-state index is 0.119. The van der Waals surface area contributed by atoms with E-state index in [0.717, 1.165) is 23.7 Å². The quantitative estimate of drug-likeness (QED) is 0.386. The zero-order chi connectivity index (χ0) is 22.8. The Balaban J connectivity index is 1.55. The molecule has 33 heavy (non-hydrogen) atoms. The molecule has 2 heterocycles. The normalized spacial score (nSPS) is 12.8. The Morgan fingerprint density at radius 3 is 2.33 bits per heavy atom. The van der Waals surface area contributed by atoms with Gasteiger partial charge in [-0.1, -0.05) is 65.9 Å². The van der Waals surface area contributed by atoms with Crippen molar-refractivity contribution in [2.24, 2.45) is 0 Å². The Kier molecular flexibility index (Phi) is 5.51. The number of aromatic nitrogens is 4. The van der Waals surface area contributed by atoms with E-state index in [1.54, 1.807) is 30.3 Å². The number of aryl methyl sites for hydroxylation is 1. The van der Waals surface area contributed by atoms with E-state index in [1.165, 1.54) is 10.1 Å². The van der Waals surface area contributed by atoms with Gasteiger partial charge >= 0.3 is 0 Å². The molecule has 3 aromatic carbocycles. The molecule has 8 heteroatoms. The SMILES string of the molecule is C[C@@H](CCc1ccccc1)Nc1nc2c(S(=O)(=O)c3ccccc3)nnn2c2ccccc12. The number of benzene rings is 3. The van der Waals surface area contributed by atoms with E-state index in [1.807, 2.05) is 42.5 Å². The van der Waals surface area contributed by atoms with Crippen molar-refractivity contribution in [2.45, 2.75) is 35.7 Å². The Morgan fingerprint density at radius 2 is 1.58 bits per heavy atom. The van der Waals surface area contributed by atoms with E-state index < -0.39 is 9.84 Å². The fraction of sp³-hybridized carbons (Fsp3) is 0.160. The first kappa shape index (κ1) is 21.1. The number of sulfone groups is 1. The maximum absolute atomic E-state index is 13.3. The van der Waals surface area contributed by atoms with Crippen molar-refractivity contribution in [1.82, 2.24) is 19.8 Å². The summed E-state index contributed by atoms with van der Waals surface area (Å²) in [5.74, 6) is 0.616. The van der Waals surface area contributed by atoms with Crippen LogP contribution in [0.15, 0.2) is 94.9 Å². The molecule has 1 N–H and O–H groups in total. The minimum atomic E-state index is -3.87. The molecule has 7 nitrogen and oxygen atoms in total. The Hall–Kier alpha value is -3.78. The molecule has 0 aliphatic rings. The van der Waals surface area contributed by atoms with Gasteiger partial charge in [0.15, 0.2) is 5.65 Å². The lowest BCUT2D eigenvalue weighted by Gasteiger charge is -2.16. The lowest BCUT2D eigenvalue weighted by molar-refractivity contribution is 0.592. The average Bonchev–Trinajstić information content (AvgIpc) is 3.29. The standard InChI is InChI=1S/C25H23N5O2S/c1-18(16-17-19-10-4-2-5-11-19)26-23-21-14-8-9-15-22(21)30-24(27-23)25(28-29-30)33(31,32)20-12-6-3-7-13-20/h2-15,18H,16-17H2,1H3,(H,26,27)/t18-/m0/s1. The molecule has 1 atom stereocenters. The van der Waals surface area contributed by atoms with Crippen LogP contribution >= 0.6 is 0 Å². The van der Waals surface area contributed by atoms with Crippen LogP contribution in [0.4, 0.5) is 5.82 Å². The third-order valence-corrected chi connectivity index (χ3v) is 7.29. The largest absolute Gasteiger partial charge is 0.367 e. The van der Waals surface area contributed by atoms with Crippen molar-refractivity contribution in [3.05, 3.63) is 90.5 Å². The first-order valence-corrected chi connectivity index (χ1v) is 12.3. The van der Waals surface area contributed by atoms with E-state index in [-0.39, 0.29) is 21.6 Å². The van der Waals surface area contributed by atoms with Crippen LogP contribution in [-0.2, 0) is 16.3 Å². The summed E-state index contributed by atoms with van der Waals surface area (Å²) in [5, 5.41) is 12.3.